The molecule has 4 rings (SSSR count). The zero-order valence-electron chi connectivity index (χ0n) is 20.5. The SMILES string of the molecule is CN1/C(=C/C=C/c2cc[n+](CCC[N+](C)(C)C)c3ccccc23)C(C)(C)c2ccccc21. The Bertz CT molecular complexity index is 1180. The number of aryl methyl sites for hydroxylation is 1. The van der Waals surface area contributed by atoms with Gasteiger partial charge in [0.25, 0.3) is 0 Å². The first kappa shape index (κ1) is 22.3. The highest BCUT2D eigenvalue weighted by molar-refractivity contribution is 5.85. The molecular formula is C29H37N3+2. The molecule has 0 unspecified atom stereocenters. The van der Waals surface area contributed by atoms with Gasteiger partial charge in [-0.25, -0.2) is 0 Å². The summed E-state index contributed by atoms with van der Waals surface area (Å²) in [4.78, 5) is 2.32. The van der Waals surface area contributed by atoms with Crippen molar-refractivity contribution in [3.05, 3.63) is 89.8 Å². The highest BCUT2D eigenvalue weighted by atomic mass is 15.3. The quantitative estimate of drug-likeness (QED) is 0.370. The van der Waals surface area contributed by atoms with Crippen molar-refractivity contribution in [2.24, 2.45) is 0 Å². The van der Waals surface area contributed by atoms with Crippen LogP contribution in [0, 0.1) is 0 Å². The Hall–Kier alpha value is -2.91. The number of pyridine rings is 1. The van der Waals surface area contributed by atoms with Crippen molar-refractivity contribution in [1.29, 1.82) is 0 Å². The van der Waals surface area contributed by atoms with E-state index in [0.29, 0.717) is 0 Å². The molecule has 1 aliphatic heterocycles. The highest BCUT2D eigenvalue weighted by Crippen LogP contribution is 2.46. The monoisotopic (exact) mass is 427 g/mol. The molecule has 0 saturated carbocycles. The molecule has 166 valence electrons. The van der Waals surface area contributed by atoms with E-state index in [4.69, 9.17) is 0 Å². The molecule has 3 heteroatoms. The van der Waals surface area contributed by atoms with Crippen LogP contribution in [-0.4, -0.2) is 39.2 Å². The number of rotatable bonds is 6. The molecule has 0 saturated heterocycles. The second-order valence-electron chi connectivity index (χ2n) is 10.5. The Morgan fingerprint density at radius 3 is 2.44 bits per heavy atom. The van der Waals surface area contributed by atoms with E-state index >= 15 is 0 Å². The van der Waals surface area contributed by atoms with Crippen molar-refractivity contribution in [2.75, 3.05) is 39.6 Å². The lowest BCUT2D eigenvalue weighted by Crippen LogP contribution is -2.40. The van der Waals surface area contributed by atoms with E-state index in [1.807, 2.05) is 0 Å². The molecule has 0 spiro atoms. The number of hydrogen-bond acceptors (Lipinski definition) is 1. The van der Waals surface area contributed by atoms with Crippen LogP contribution in [0.25, 0.3) is 17.0 Å². The van der Waals surface area contributed by atoms with Crippen molar-refractivity contribution in [2.45, 2.75) is 32.2 Å². The maximum atomic E-state index is 2.39. The van der Waals surface area contributed by atoms with Gasteiger partial charge in [-0.3, -0.25) is 0 Å². The number of hydrogen-bond donors (Lipinski definition) is 0. The molecule has 2 aromatic carbocycles. The predicted molar refractivity (Wildman–Crippen MR) is 137 cm³/mol. The van der Waals surface area contributed by atoms with Gasteiger partial charge in [-0.2, -0.15) is 4.57 Å². The fourth-order valence-corrected chi connectivity index (χ4v) is 4.91. The summed E-state index contributed by atoms with van der Waals surface area (Å²) in [6.45, 7) is 6.84. The molecule has 0 amide bonds. The third-order valence-electron chi connectivity index (χ3n) is 6.66. The third kappa shape index (κ3) is 4.35. The maximum absolute atomic E-state index is 2.39. The molecule has 0 fully saturated rings. The number of quaternary nitrogens is 1. The first-order valence-corrected chi connectivity index (χ1v) is 11.6. The van der Waals surface area contributed by atoms with Gasteiger partial charge in [0.05, 0.1) is 39.5 Å². The minimum atomic E-state index is 0.00300. The summed E-state index contributed by atoms with van der Waals surface area (Å²) >= 11 is 0. The number of allylic oxidation sites excluding steroid dienone is 3. The molecule has 0 aliphatic carbocycles. The maximum Gasteiger partial charge on any atom is 0.213 e. The zero-order chi connectivity index (χ0) is 22.9. The molecule has 2 heterocycles. The van der Waals surface area contributed by atoms with E-state index in [9.17, 15) is 0 Å². The molecule has 0 radical (unpaired) electrons. The van der Waals surface area contributed by atoms with Crippen LogP contribution in [0.15, 0.2) is 78.6 Å². The van der Waals surface area contributed by atoms with E-state index < -0.39 is 0 Å². The molecule has 32 heavy (non-hydrogen) atoms. The zero-order valence-corrected chi connectivity index (χ0v) is 20.5. The number of likely N-dealkylation sites (N-methyl/N-ethyl adjacent to an activating group) is 1. The average molecular weight is 428 g/mol. The van der Waals surface area contributed by atoms with Gasteiger partial charge in [0.15, 0.2) is 12.7 Å². The molecule has 0 N–H and O–H groups in total. The summed E-state index contributed by atoms with van der Waals surface area (Å²) in [5.74, 6) is 0. The summed E-state index contributed by atoms with van der Waals surface area (Å²) in [5, 5.41) is 1.30. The van der Waals surface area contributed by atoms with Crippen LogP contribution in [0.3, 0.4) is 0 Å². The number of fused-ring (bicyclic) bond motifs is 2. The highest BCUT2D eigenvalue weighted by Gasteiger charge is 2.37. The lowest BCUT2D eigenvalue weighted by Gasteiger charge is -2.23. The van der Waals surface area contributed by atoms with E-state index in [2.05, 4.69) is 131 Å². The Morgan fingerprint density at radius 2 is 1.69 bits per heavy atom. The van der Waals surface area contributed by atoms with Crippen LogP contribution in [0.4, 0.5) is 5.69 Å². The molecule has 3 aromatic rings. The average Bonchev–Trinajstić information content (AvgIpc) is 2.95. The Kier molecular flexibility index (Phi) is 5.96. The van der Waals surface area contributed by atoms with Crippen molar-refractivity contribution in [3.8, 4) is 0 Å². The number of para-hydroxylation sites is 2. The van der Waals surface area contributed by atoms with Gasteiger partial charge in [-0.1, -0.05) is 56.3 Å². The Morgan fingerprint density at radius 1 is 0.969 bits per heavy atom. The van der Waals surface area contributed by atoms with Gasteiger partial charge in [0.2, 0.25) is 5.52 Å². The van der Waals surface area contributed by atoms with Crippen LogP contribution >= 0.6 is 0 Å². The minimum Gasteiger partial charge on any atom is -0.347 e. The fraction of sp³-hybridized carbons (Fsp3) is 0.345. The second-order valence-corrected chi connectivity index (χ2v) is 10.5. The van der Waals surface area contributed by atoms with Gasteiger partial charge in [0, 0.05) is 36.0 Å². The number of benzene rings is 2. The van der Waals surface area contributed by atoms with Crippen LogP contribution in [-0.2, 0) is 12.0 Å². The smallest absolute Gasteiger partial charge is 0.213 e. The lowest BCUT2D eigenvalue weighted by molar-refractivity contribution is -0.873. The number of anilines is 1. The summed E-state index contributed by atoms with van der Waals surface area (Å²) in [5.41, 5.74) is 6.58. The summed E-state index contributed by atoms with van der Waals surface area (Å²) in [6.07, 6.45) is 10.1. The van der Waals surface area contributed by atoms with E-state index in [-0.39, 0.29) is 5.41 Å². The molecule has 1 aliphatic rings. The largest absolute Gasteiger partial charge is 0.347 e. The van der Waals surface area contributed by atoms with Crippen molar-refractivity contribution in [3.63, 3.8) is 0 Å². The normalized spacial score (nSPS) is 16.9. The van der Waals surface area contributed by atoms with Gasteiger partial charge in [0.1, 0.15) is 0 Å². The standard InChI is InChI=1S/C29H37N3/c1-29(2)25-15-8-10-17-27(25)30(3)28(29)18-11-13-23-19-21-31(20-12-22-32(4,5)6)26-16-9-7-14-24(23)26/h7-11,13-19,21H,12,20,22H2,1-6H3/q+2. The van der Waals surface area contributed by atoms with Gasteiger partial charge >= 0.3 is 0 Å². The predicted octanol–water partition coefficient (Wildman–Crippen LogP) is 5.55. The van der Waals surface area contributed by atoms with Crippen molar-refractivity contribution < 1.29 is 9.05 Å². The fourth-order valence-electron chi connectivity index (χ4n) is 4.91. The van der Waals surface area contributed by atoms with Gasteiger partial charge in [-0.05, 0) is 29.3 Å². The first-order chi connectivity index (χ1) is 15.2. The molecule has 0 bridgehead atoms. The lowest BCUT2D eigenvalue weighted by atomic mass is 9.84. The van der Waals surface area contributed by atoms with Gasteiger partial charge in [-0.15, -0.1) is 0 Å². The minimum absolute atomic E-state index is 0.00300. The number of nitrogens with zero attached hydrogens (tertiary/aromatic N) is 3. The summed E-state index contributed by atoms with van der Waals surface area (Å²) in [6, 6.07) is 19.7. The van der Waals surface area contributed by atoms with Crippen LogP contribution in [0.5, 0.6) is 0 Å². The summed E-state index contributed by atoms with van der Waals surface area (Å²) in [7, 11) is 8.94. The third-order valence-corrected chi connectivity index (χ3v) is 6.66. The van der Waals surface area contributed by atoms with E-state index in [1.165, 1.54) is 46.4 Å². The molecule has 3 nitrogen and oxygen atoms in total. The summed E-state index contributed by atoms with van der Waals surface area (Å²) < 4.78 is 3.40. The Balaban J connectivity index is 1.61. The Labute approximate surface area is 193 Å². The van der Waals surface area contributed by atoms with Crippen LogP contribution < -0.4 is 9.47 Å². The molecule has 1 aromatic heterocycles. The second kappa shape index (κ2) is 8.55. The molecular weight excluding hydrogens is 390 g/mol. The van der Waals surface area contributed by atoms with Crippen molar-refractivity contribution in [1.82, 2.24) is 0 Å². The van der Waals surface area contributed by atoms with Crippen LogP contribution in [0.2, 0.25) is 0 Å². The van der Waals surface area contributed by atoms with Crippen molar-refractivity contribution >= 4 is 22.7 Å². The first-order valence-electron chi connectivity index (χ1n) is 11.6. The van der Waals surface area contributed by atoms with Crippen LogP contribution in [0.1, 0.15) is 31.4 Å². The molecule has 0 atom stereocenters. The van der Waals surface area contributed by atoms with E-state index in [1.54, 1.807) is 0 Å². The van der Waals surface area contributed by atoms with E-state index in [0.717, 1.165) is 11.0 Å². The van der Waals surface area contributed by atoms with Gasteiger partial charge < -0.3 is 9.38 Å². The topological polar surface area (TPSA) is 7.12 Å². The number of aromatic nitrogens is 1.